The van der Waals surface area contributed by atoms with Crippen molar-refractivity contribution in [3.63, 3.8) is 0 Å². The highest BCUT2D eigenvalue weighted by molar-refractivity contribution is 6.31. The molecule has 3 aromatic rings. The lowest BCUT2D eigenvalue weighted by molar-refractivity contribution is 0.0745. The Morgan fingerprint density at radius 3 is 2.54 bits per heavy atom. The van der Waals surface area contributed by atoms with E-state index in [4.69, 9.17) is 21.4 Å². The minimum absolute atomic E-state index is 0.113. The molecule has 0 fully saturated rings. The summed E-state index contributed by atoms with van der Waals surface area (Å²) < 4.78 is 9.46. The number of methoxy groups -OCH3 is 1. The zero-order valence-electron chi connectivity index (χ0n) is 16.4. The van der Waals surface area contributed by atoms with E-state index in [2.05, 4.69) is 25.3 Å². The first kappa shape index (κ1) is 18.6. The zero-order chi connectivity index (χ0) is 20.1. The van der Waals surface area contributed by atoms with Gasteiger partial charge in [-0.2, -0.15) is 5.10 Å². The third-order valence-electron chi connectivity index (χ3n) is 4.89. The highest BCUT2D eigenvalue weighted by Gasteiger charge is 2.34. The van der Waals surface area contributed by atoms with Crippen molar-refractivity contribution in [1.82, 2.24) is 19.2 Å². The summed E-state index contributed by atoms with van der Waals surface area (Å²) in [5, 5.41) is 5.36. The van der Waals surface area contributed by atoms with Crippen LogP contribution in [-0.2, 0) is 18.6 Å². The van der Waals surface area contributed by atoms with Gasteiger partial charge in [0, 0.05) is 23.0 Å². The van der Waals surface area contributed by atoms with Gasteiger partial charge in [0.2, 0.25) is 0 Å². The van der Waals surface area contributed by atoms with Gasteiger partial charge in [0.05, 0.1) is 37.0 Å². The Morgan fingerprint density at radius 1 is 1.18 bits per heavy atom. The Bertz CT molecular complexity index is 1030. The zero-order valence-corrected chi connectivity index (χ0v) is 17.2. The first-order valence-corrected chi connectivity index (χ1v) is 9.55. The van der Waals surface area contributed by atoms with Gasteiger partial charge in [-0.3, -0.25) is 4.79 Å². The SMILES string of the molecule is COc1ccc(Cl)cc1C(=O)N1Cc2nn(C(C)(C)C)c(-n3cccc3)c2C1. The fraction of sp³-hybridized carbons (Fsp3) is 0.333. The number of hydrogen-bond donors (Lipinski definition) is 0. The number of hydrogen-bond acceptors (Lipinski definition) is 3. The largest absolute Gasteiger partial charge is 0.496 e. The van der Waals surface area contributed by atoms with Crippen LogP contribution in [0.1, 0.15) is 42.4 Å². The summed E-state index contributed by atoms with van der Waals surface area (Å²) in [5.41, 5.74) is 2.29. The lowest BCUT2D eigenvalue weighted by atomic mass is 10.1. The van der Waals surface area contributed by atoms with Gasteiger partial charge in [-0.05, 0) is 51.1 Å². The predicted molar refractivity (Wildman–Crippen MR) is 108 cm³/mol. The molecule has 28 heavy (non-hydrogen) atoms. The van der Waals surface area contributed by atoms with Crippen LogP contribution in [0.4, 0.5) is 0 Å². The lowest BCUT2D eigenvalue weighted by Crippen LogP contribution is -2.30. The van der Waals surface area contributed by atoms with Crippen molar-refractivity contribution in [2.45, 2.75) is 39.4 Å². The molecule has 0 saturated heterocycles. The number of carbonyl (C=O) groups excluding carboxylic acids is 1. The van der Waals surface area contributed by atoms with Crippen LogP contribution in [0.15, 0.2) is 42.7 Å². The van der Waals surface area contributed by atoms with E-state index in [1.807, 2.05) is 29.2 Å². The summed E-state index contributed by atoms with van der Waals surface area (Å²) in [4.78, 5) is 15.0. The molecule has 0 N–H and O–H groups in total. The average molecular weight is 399 g/mol. The van der Waals surface area contributed by atoms with Gasteiger partial charge < -0.3 is 14.2 Å². The van der Waals surface area contributed by atoms with E-state index in [9.17, 15) is 4.79 Å². The number of ether oxygens (including phenoxy) is 1. The summed E-state index contributed by atoms with van der Waals surface area (Å²) in [6.45, 7) is 7.33. The molecule has 0 atom stereocenters. The van der Waals surface area contributed by atoms with E-state index in [0.29, 0.717) is 29.4 Å². The van der Waals surface area contributed by atoms with Gasteiger partial charge in [0.25, 0.3) is 5.91 Å². The lowest BCUT2D eigenvalue weighted by Gasteiger charge is -2.25. The van der Waals surface area contributed by atoms with E-state index in [1.165, 1.54) is 0 Å². The molecule has 0 bridgehead atoms. The van der Waals surface area contributed by atoms with Crippen molar-refractivity contribution in [2.75, 3.05) is 7.11 Å². The summed E-state index contributed by atoms with van der Waals surface area (Å²) >= 11 is 6.11. The molecule has 0 unspecified atom stereocenters. The minimum Gasteiger partial charge on any atom is -0.496 e. The molecule has 0 saturated carbocycles. The second-order valence-electron chi connectivity index (χ2n) is 7.93. The number of amides is 1. The standard InChI is InChI=1S/C21H23ClN4O2/c1-21(2,3)26-19(24-9-5-6-10-24)16-12-25(13-17(16)23-26)20(27)15-11-14(22)7-8-18(15)28-4/h5-11H,12-13H2,1-4H3. The van der Waals surface area contributed by atoms with E-state index >= 15 is 0 Å². The molecule has 1 aromatic carbocycles. The molecule has 6 nitrogen and oxygen atoms in total. The molecule has 2 aromatic heterocycles. The first-order valence-electron chi connectivity index (χ1n) is 9.17. The van der Waals surface area contributed by atoms with Crippen molar-refractivity contribution >= 4 is 17.5 Å². The van der Waals surface area contributed by atoms with E-state index < -0.39 is 0 Å². The second-order valence-corrected chi connectivity index (χ2v) is 8.36. The quantitative estimate of drug-likeness (QED) is 0.662. The van der Waals surface area contributed by atoms with Gasteiger partial charge in [-0.15, -0.1) is 0 Å². The summed E-state index contributed by atoms with van der Waals surface area (Å²) in [5.74, 6) is 1.41. The number of benzene rings is 1. The number of nitrogens with zero attached hydrogens (tertiary/aromatic N) is 4. The van der Waals surface area contributed by atoms with Crippen LogP contribution < -0.4 is 4.74 Å². The molecule has 146 valence electrons. The van der Waals surface area contributed by atoms with Crippen LogP contribution in [0.2, 0.25) is 5.02 Å². The summed E-state index contributed by atoms with van der Waals surface area (Å²) in [7, 11) is 1.55. The van der Waals surface area contributed by atoms with Crippen LogP contribution in [0, 0.1) is 0 Å². The van der Waals surface area contributed by atoms with Gasteiger partial charge in [-0.1, -0.05) is 11.6 Å². The number of fused-ring (bicyclic) bond motifs is 1. The van der Waals surface area contributed by atoms with Crippen LogP contribution >= 0.6 is 11.6 Å². The molecule has 1 aliphatic rings. The number of halogens is 1. The van der Waals surface area contributed by atoms with Crippen molar-refractivity contribution < 1.29 is 9.53 Å². The van der Waals surface area contributed by atoms with Gasteiger partial charge in [0.15, 0.2) is 0 Å². The van der Waals surface area contributed by atoms with Crippen LogP contribution in [0.25, 0.3) is 5.82 Å². The van der Waals surface area contributed by atoms with Crippen LogP contribution in [0.5, 0.6) is 5.75 Å². The smallest absolute Gasteiger partial charge is 0.258 e. The Morgan fingerprint density at radius 2 is 1.89 bits per heavy atom. The Kier molecular flexibility index (Phi) is 4.46. The molecular formula is C21H23ClN4O2. The molecule has 1 amide bonds. The fourth-order valence-electron chi connectivity index (χ4n) is 3.57. The maximum absolute atomic E-state index is 13.2. The number of rotatable bonds is 3. The maximum Gasteiger partial charge on any atom is 0.258 e. The second kappa shape index (κ2) is 6.71. The number of aromatic nitrogens is 3. The summed E-state index contributed by atoms with van der Waals surface area (Å²) in [6, 6.07) is 9.06. The monoisotopic (exact) mass is 398 g/mol. The minimum atomic E-state index is -0.172. The van der Waals surface area contributed by atoms with Gasteiger partial charge in [-0.25, -0.2) is 4.68 Å². The molecular weight excluding hydrogens is 376 g/mol. The fourth-order valence-corrected chi connectivity index (χ4v) is 3.74. The first-order chi connectivity index (χ1) is 13.3. The molecule has 4 rings (SSSR count). The third kappa shape index (κ3) is 3.07. The van der Waals surface area contributed by atoms with Gasteiger partial charge in [0.1, 0.15) is 11.6 Å². The van der Waals surface area contributed by atoms with Crippen molar-refractivity contribution in [3.05, 3.63) is 64.6 Å². The molecule has 0 aliphatic carbocycles. The summed E-state index contributed by atoms with van der Waals surface area (Å²) in [6.07, 6.45) is 4.01. The Hall–Kier alpha value is -2.73. The predicted octanol–water partition coefficient (Wildman–Crippen LogP) is 4.25. The van der Waals surface area contributed by atoms with E-state index in [-0.39, 0.29) is 11.4 Å². The van der Waals surface area contributed by atoms with E-state index in [0.717, 1.165) is 17.1 Å². The normalized spacial score (nSPS) is 13.7. The van der Waals surface area contributed by atoms with Crippen molar-refractivity contribution in [2.24, 2.45) is 0 Å². The molecule has 0 radical (unpaired) electrons. The molecule has 3 heterocycles. The van der Waals surface area contributed by atoms with Crippen molar-refractivity contribution in [1.29, 1.82) is 0 Å². The number of carbonyl (C=O) groups is 1. The van der Waals surface area contributed by atoms with Crippen LogP contribution in [0.3, 0.4) is 0 Å². The molecule has 1 aliphatic heterocycles. The third-order valence-corrected chi connectivity index (χ3v) is 5.13. The Labute approximate surface area is 169 Å². The Balaban J connectivity index is 1.72. The maximum atomic E-state index is 13.2. The topological polar surface area (TPSA) is 52.3 Å². The van der Waals surface area contributed by atoms with E-state index in [1.54, 1.807) is 30.2 Å². The molecule has 7 heteroatoms. The highest BCUT2D eigenvalue weighted by atomic mass is 35.5. The highest BCUT2D eigenvalue weighted by Crippen LogP contribution is 2.34. The van der Waals surface area contributed by atoms with Gasteiger partial charge >= 0.3 is 0 Å². The van der Waals surface area contributed by atoms with Crippen LogP contribution in [-0.4, -0.2) is 32.3 Å². The van der Waals surface area contributed by atoms with Crippen molar-refractivity contribution in [3.8, 4) is 11.6 Å². The molecule has 0 spiro atoms. The average Bonchev–Trinajstić information content (AvgIpc) is 3.35.